The number of aromatic nitrogens is 1. The van der Waals surface area contributed by atoms with Gasteiger partial charge in [-0.15, -0.1) is 0 Å². The quantitative estimate of drug-likeness (QED) is 0.507. The number of phenols is 1. The van der Waals surface area contributed by atoms with E-state index < -0.39 is 10.8 Å². The summed E-state index contributed by atoms with van der Waals surface area (Å²) in [6, 6.07) is 6.59. The smallest absolute Gasteiger partial charge is 0.273 e. The first-order valence-electron chi connectivity index (χ1n) is 5.69. The molecule has 2 aromatic rings. The van der Waals surface area contributed by atoms with Crippen molar-refractivity contribution in [2.75, 3.05) is 5.32 Å². The molecule has 0 spiro atoms. The van der Waals surface area contributed by atoms with Gasteiger partial charge >= 0.3 is 0 Å². The highest BCUT2D eigenvalue weighted by atomic mass is 16.6. The fourth-order valence-electron chi connectivity index (χ4n) is 1.62. The average Bonchev–Trinajstić information content (AvgIpc) is 2.40. The van der Waals surface area contributed by atoms with Gasteiger partial charge in [-0.1, -0.05) is 0 Å². The molecule has 0 aliphatic rings. The van der Waals surface area contributed by atoms with E-state index >= 15 is 0 Å². The highest BCUT2D eigenvalue weighted by Gasteiger charge is 2.13. The van der Waals surface area contributed by atoms with Gasteiger partial charge in [0.15, 0.2) is 0 Å². The number of carbonyl (C=O) groups excluding carboxylic acids is 1. The minimum absolute atomic E-state index is 0.107. The number of pyridine rings is 1. The number of anilines is 1. The molecule has 1 aromatic carbocycles. The number of hydrogen-bond acceptors (Lipinski definition) is 5. The van der Waals surface area contributed by atoms with E-state index in [1.54, 1.807) is 13.0 Å². The summed E-state index contributed by atoms with van der Waals surface area (Å²) in [5.41, 5.74) is 0.927. The zero-order valence-corrected chi connectivity index (χ0v) is 10.5. The van der Waals surface area contributed by atoms with E-state index in [2.05, 4.69) is 10.3 Å². The van der Waals surface area contributed by atoms with E-state index in [9.17, 15) is 20.0 Å². The van der Waals surface area contributed by atoms with Crippen molar-refractivity contribution in [2.45, 2.75) is 6.92 Å². The Bertz CT molecular complexity index is 685. The Balaban J connectivity index is 2.22. The molecule has 7 heteroatoms. The second kappa shape index (κ2) is 5.35. The fraction of sp³-hybridized carbons (Fsp3) is 0.0769. The molecule has 102 valence electrons. The summed E-state index contributed by atoms with van der Waals surface area (Å²) in [7, 11) is 0. The predicted molar refractivity (Wildman–Crippen MR) is 71.7 cm³/mol. The third-order valence-electron chi connectivity index (χ3n) is 2.60. The molecule has 0 saturated heterocycles. The first-order chi connectivity index (χ1) is 9.47. The number of non-ortho nitro benzene ring substituents is 1. The van der Waals surface area contributed by atoms with Crippen molar-refractivity contribution in [3.8, 4) is 5.75 Å². The molecule has 1 aromatic heterocycles. The molecular weight excluding hydrogens is 262 g/mol. The Morgan fingerprint density at radius 2 is 2.10 bits per heavy atom. The van der Waals surface area contributed by atoms with Gasteiger partial charge in [0, 0.05) is 23.5 Å². The molecule has 1 amide bonds. The van der Waals surface area contributed by atoms with Crippen molar-refractivity contribution in [2.24, 2.45) is 0 Å². The number of nitrogens with one attached hydrogen (secondary N) is 1. The van der Waals surface area contributed by atoms with Crippen molar-refractivity contribution in [1.29, 1.82) is 0 Å². The molecule has 20 heavy (non-hydrogen) atoms. The van der Waals surface area contributed by atoms with Crippen LogP contribution in [0.2, 0.25) is 0 Å². The van der Waals surface area contributed by atoms with Crippen LogP contribution < -0.4 is 5.32 Å². The van der Waals surface area contributed by atoms with Gasteiger partial charge in [0.05, 0.1) is 16.7 Å². The van der Waals surface area contributed by atoms with Crippen LogP contribution in [0.25, 0.3) is 0 Å². The lowest BCUT2D eigenvalue weighted by Gasteiger charge is -2.07. The van der Waals surface area contributed by atoms with Crippen molar-refractivity contribution in [1.82, 2.24) is 4.98 Å². The number of aryl methyl sites for hydroxylation is 1. The number of phenolic OH excluding ortho intramolecular Hbond substituents is 1. The van der Waals surface area contributed by atoms with Crippen molar-refractivity contribution >= 4 is 17.3 Å². The minimum Gasteiger partial charge on any atom is -0.506 e. The van der Waals surface area contributed by atoms with Gasteiger partial charge in [0.2, 0.25) is 0 Å². The van der Waals surface area contributed by atoms with E-state index in [0.717, 1.165) is 6.07 Å². The van der Waals surface area contributed by atoms with Gasteiger partial charge in [-0.2, -0.15) is 0 Å². The number of hydrogen-bond donors (Lipinski definition) is 2. The Morgan fingerprint density at radius 3 is 2.70 bits per heavy atom. The van der Waals surface area contributed by atoms with Crippen molar-refractivity contribution in [3.05, 3.63) is 57.9 Å². The normalized spacial score (nSPS) is 10.1. The van der Waals surface area contributed by atoms with E-state index in [-0.39, 0.29) is 17.1 Å². The molecule has 7 nitrogen and oxygen atoms in total. The van der Waals surface area contributed by atoms with E-state index in [1.807, 2.05) is 0 Å². The van der Waals surface area contributed by atoms with Crippen LogP contribution in [0.4, 0.5) is 11.4 Å². The number of benzene rings is 1. The lowest BCUT2D eigenvalue weighted by molar-refractivity contribution is -0.384. The first kappa shape index (κ1) is 13.5. The predicted octanol–water partition coefficient (Wildman–Crippen LogP) is 2.26. The zero-order valence-electron chi connectivity index (χ0n) is 10.5. The van der Waals surface area contributed by atoms with E-state index in [4.69, 9.17) is 0 Å². The van der Waals surface area contributed by atoms with Gasteiger partial charge in [0.1, 0.15) is 5.75 Å². The number of aromatic hydroxyl groups is 1. The van der Waals surface area contributed by atoms with E-state index in [1.165, 1.54) is 24.4 Å². The molecule has 0 aliphatic heterocycles. The third kappa shape index (κ3) is 2.89. The van der Waals surface area contributed by atoms with Crippen LogP contribution in [0.5, 0.6) is 5.75 Å². The van der Waals surface area contributed by atoms with Gasteiger partial charge in [-0.05, 0) is 25.1 Å². The lowest BCUT2D eigenvalue weighted by Crippen LogP contribution is -2.12. The lowest BCUT2D eigenvalue weighted by atomic mass is 10.2. The topological polar surface area (TPSA) is 105 Å². The molecule has 0 bridgehead atoms. The second-order valence-electron chi connectivity index (χ2n) is 4.10. The number of carbonyl (C=O) groups is 1. The summed E-state index contributed by atoms with van der Waals surface area (Å²) in [6.45, 7) is 1.75. The zero-order chi connectivity index (χ0) is 14.7. The molecule has 0 atom stereocenters. The maximum absolute atomic E-state index is 12.0. The van der Waals surface area contributed by atoms with Crippen molar-refractivity contribution in [3.63, 3.8) is 0 Å². The van der Waals surface area contributed by atoms with Gasteiger partial charge in [-0.25, -0.2) is 0 Å². The maximum Gasteiger partial charge on any atom is 0.273 e. The van der Waals surface area contributed by atoms with Crippen LogP contribution >= 0.6 is 0 Å². The first-order valence-corrected chi connectivity index (χ1v) is 5.69. The largest absolute Gasteiger partial charge is 0.506 e. The third-order valence-corrected chi connectivity index (χ3v) is 2.60. The van der Waals surface area contributed by atoms with E-state index in [0.29, 0.717) is 11.3 Å². The molecule has 1 heterocycles. The summed E-state index contributed by atoms with van der Waals surface area (Å²) in [5, 5.41) is 22.7. The second-order valence-corrected chi connectivity index (χ2v) is 4.10. The maximum atomic E-state index is 12.0. The van der Waals surface area contributed by atoms with Crippen LogP contribution in [0.3, 0.4) is 0 Å². The highest BCUT2D eigenvalue weighted by Crippen LogP contribution is 2.28. The number of nitro groups is 1. The number of amides is 1. The van der Waals surface area contributed by atoms with Gasteiger partial charge in [-0.3, -0.25) is 19.9 Å². The van der Waals surface area contributed by atoms with Crippen LogP contribution in [-0.4, -0.2) is 20.9 Å². The summed E-state index contributed by atoms with van der Waals surface area (Å²) in [6.07, 6.45) is 1.50. The number of rotatable bonds is 3. The summed E-state index contributed by atoms with van der Waals surface area (Å²) in [4.78, 5) is 25.8. The van der Waals surface area contributed by atoms with Crippen LogP contribution in [0.1, 0.15) is 16.1 Å². The molecule has 0 aliphatic carbocycles. The average molecular weight is 273 g/mol. The Labute approximate surface area is 114 Å². The van der Waals surface area contributed by atoms with Crippen LogP contribution in [-0.2, 0) is 0 Å². The molecule has 2 rings (SSSR count). The summed E-state index contributed by atoms with van der Waals surface area (Å²) in [5.74, 6) is -0.794. The minimum atomic E-state index is -0.627. The monoisotopic (exact) mass is 273 g/mol. The molecule has 2 N–H and O–H groups in total. The Kier molecular flexibility index (Phi) is 3.60. The summed E-state index contributed by atoms with van der Waals surface area (Å²) < 4.78 is 0. The van der Waals surface area contributed by atoms with Crippen LogP contribution in [0, 0.1) is 17.0 Å². The van der Waals surface area contributed by atoms with Crippen molar-refractivity contribution < 1.29 is 14.8 Å². The molecule has 0 saturated carbocycles. The van der Waals surface area contributed by atoms with Crippen LogP contribution in [0.15, 0.2) is 36.5 Å². The molecular formula is C13H11N3O4. The molecule has 0 fully saturated rings. The standard InChI is InChI=1S/C13H11N3O4/c1-8-6-9(4-5-14-8)13(18)15-11-3-2-10(16(19)20)7-12(11)17/h2-7,17H,1H3,(H,15,18). The summed E-state index contributed by atoms with van der Waals surface area (Å²) >= 11 is 0. The molecule has 0 radical (unpaired) electrons. The number of nitrogens with zero attached hydrogens (tertiary/aromatic N) is 2. The fourth-order valence-corrected chi connectivity index (χ4v) is 1.62. The SMILES string of the molecule is Cc1cc(C(=O)Nc2ccc([N+](=O)[O-])cc2O)ccn1. The Hall–Kier alpha value is -2.96. The van der Waals surface area contributed by atoms with Gasteiger partial charge < -0.3 is 10.4 Å². The Morgan fingerprint density at radius 1 is 1.35 bits per heavy atom. The molecule has 0 unspecified atom stereocenters. The highest BCUT2D eigenvalue weighted by molar-refractivity contribution is 6.05. The van der Waals surface area contributed by atoms with Gasteiger partial charge in [0.25, 0.3) is 11.6 Å². The number of nitro benzene ring substituents is 1.